The van der Waals surface area contributed by atoms with Crippen LogP contribution in [0.1, 0.15) is 12.5 Å². The molecule has 0 aliphatic carbocycles. The average Bonchev–Trinajstić information content (AvgIpc) is 3.04. The molecule has 0 fully saturated rings. The van der Waals surface area contributed by atoms with Gasteiger partial charge in [0.1, 0.15) is 0 Å². The number of nitrogens with zero attached hydrogens (tertiary/aromatic N) is 4. The fraction of sp³-hybridized carbons (Fsp3) is 0.167. The number of hydrogen-bond acceptors (Lipinski definition) is 7. The average molecular weight is 433 g/mol. The van der Waals surface area contributed by atoms with Gasteiger partial charge in [-0.2, -0.15) is 0 Å². The van der Waals surface area contributed by atoms with E-state index >= 15 is 0 Å². The predicted octanol–water partition coefficient (Wildman–Crippen LogP) is 3.65. The van der Waals surface area contributed by atoms with Crippen LogP contribution >= 0.6 is 23.4 Å². The highest BCUT2D eigenvalue weighted by Gasteiger charge is 2.21. The number of aromatic nitrogens is 3. The molecule has 1 unspecified atom stereocenters. The van der Waals surface area contributed by atoms with E-state index in [1.807, 2.05) is 31.2 Å². The Hall–Kier alpha value is -3.11. The van der Waals surface area contributed by atoms with E-state index in [0.717, 1.165) is 22.9 Å². The van der Waals surface area contributed by atoms with Crippen LogP contribution in [0.5, 0.6) is 0 Å². The number of carbonyl (C=O) groups excluding carboxylic acids is 1. The summed E-state index contributed by atoms with van der Waals surface area (Å²) in [7, 11) is 0. The second-order valence-corrected chi connectivity index (χ2v) is 7.93. The van der Waals surface area contributed by atoms with Crippen LogP contribution in [0.4, 0.5) is 11.4 Å². The summed E-state index contributed by atoms with van der Waals surface area (Å²) in [5.74, 6) is 6.16. The minimum Gasteiger partial charge on any atom is -0.335 e. The molecule has 0 aliphatic rings. The van der Waals surface area contributed by atoms with Gasteiger partial charge in [0.2, 0.25) is 11.1 Å². The number of non-ortho nitro benzene ring substituents is 1. The number of carbonyl (C=O) groups is 1. The Morgan fingerprint density at radius 3 is 2.62 bits per heavy atom. The summed E-state index contributed by atoms with van der Waals surface area (Å²) in [4.78, 5) is 22.9. The van der Waals surface area contributed by atoms with Crippen LogP contribution in [0.3, 0.4) is 0 Å². The topological polar surface area (TPSA) is 129 Å². The molecule has 1 atom stereocenters. The molecule has 1 aromatic heterocycles. The van der Waals surface area contributed by atoms with Gasteiger partial charge in [0, 0.05) is 17.7 Å². The highest BCUT2D eigenvalue weighted by molar-refractivity contribution is 8.00. The van der Waals surface area contributed by atoms with Crippen LogP contribution in [0.15, 0.2) is 47.6 Å². The third-order valence-electron chi connectivity index (χ3n) is 4.04. The molecule has 3 aromatic rings. The quantitative estimate of drug-likeness (QED) is 0.263. The van der Waals surface area contributed by atoms with E-state index in [-0.39, 0.29) is 16.4 Å². The number of thioether (sulfide) groups is 1. The van der Waals surface area contributed by atoms with Crippen LogP contribution in [-0.4, -0.2) is 31.0 Å². The largest absolute Gasteiger partial charge is 0.335 e. The van der Waals surface area contributed by atoms with E-state index < -0.39 is 16.1 Å². The standard InChI is InChI=1S/C18H17ClN6O3S/c1-10-3-5-12(6-4-10)16-22-23-18(24(16)20)29-11(2)17(26)21-15-9-13(25(27)28)7-8-14(15)19/h3-9,11H,20H2,1-2H3,(H,21,26). The molecule has 2 aromatic carbocycles. The Morgan fingerprint density at radius 2 is 1.97 bits per heavy atom. The van der Waals surface area contributed by atoms with Crippen molar-refractivity contribution < 1.29 is 9.72 Å². The van der Waals surface area contributed by atoms with E-state index in [1.54, 1.807) is 6.92 Å². The van der Waals surface area contributed by atoms with Crippen LogP contribution in [0, 0.1) is 17.0 Å². The highest BCUT2D eigenvalue weighted by Crippen LogP contribution is 2.29. The van der Waals surface area contributed by atoms with Gasteiger partial charge in [-0.3, -0.25) is 14.9 Å². The first kappa shape index (κ1) is 20.6. The van der Waals surface area contributed by atoms with Crippen molar-refractivity contribution >= 4 is 40.6 Å². The van der Waals surface area contributed by atoms with Crippen LogP contribution in [0.25, 0.3) is 11.4 Å². The van der Waals surface area contributed by atoms with Crippen molar-refractivity contribution in [2.45, 2.75) is 24.3 Å². The predicted molar refractivity (Wildman–Crippen MR) is 112 cm³/mol. The third kappa shape index (κ3) is 4.66. The number of benzene rings is 2. The number of hydrogen-bond donors (Lipinski definition) is 2. The summed E-state index contributed by atoms with van der Waals surface area (Å²) in [6.45, 7) is 3.64. The summed E-state index contributed by atoms with van der Waals surface area (Å²) in [5, 5.41) is 21.6. The van der Waals surface area contributed by atoms with Crippen molar-refractivity contribution in [1.82, 2.24) is 14.9 Å². The number of rotatable bonds is 6. The van der Waals surface area contributed by atoms with Crippen molar-refractivity contribution in [1.29, 1.82) is 0 Å². The molecule has 29 heavy (non-hydrogen) atoms. The molecular weight excluding hydrogens is 416 g/mol. The van der Waals surface area contributed by atoms with Gasteiger partial charge in [0.25, 0.3) is 5.69 Å². The monoisotopic (exact) mass is 432 g/mol. The maximum absolute atomic E-state index is 12.5. The Kier molecular flexibility index (Phi) is 6.04. The summed E-state index contributed by atoms with van der Waals surface area (Å²) in [5.41, 5.74) is 1.90. The Morgan fingerprint density at radius 1 is 1.28 bits per heavy atom. The molecule has 11 heteroatoms. The lowest BCUT2D eigenvalue weighted by atomic mass is 10.1. The van der Waals surface area contributed by atoms with Gasteiger partial charge in [0.15, 0.2) is 5.82 Å². The molecule has 0 saturated carbocycles. The molecule has 1 heterocycles. The number of nitrogens with one attached hydrogen (secondary N) is 1. The maximum atomic E-state index is 12.5. The van der Waals surface area contributed by atoms with Crippen molar-refractivity contribution in [3.63, 3.8) is 0 Å². The Labute approximate surface area is 175 Å². The van der Waals surface area contributed by atoms with Gasteiger partial charge < -0.3 is 11.2 Å². The molecule has 0 radical (unpaired) electrons. The zero-order valence-electron chi connectivity index (χ0n) is 15.5. The zero-order chi connectivity index (χ0) is 21.1. The van der Waals surface area contributed by atoms with E-state index in [9.17, 15) is 14.9 Å². The summed E-state index contributed by atoms with van der Waals surface area (Å²) < 4.78 is 1.32. The lowest BCUT2D eigenvalue weighted by molar-refractivity contribution is -0.384. The number of nitrogen functional groups attached to an aromatic ring is 1. The SMILES string of the molecule is Cc1ccc(-c2nnc(SC(C)C(=O)Nc3cc([N+](=O)[O-])ccc3Cl)n2N)cc1. The number of halogens is 1. The van der Waals surface area contributed by atoms with Crippen molar-refractivity contribution in [3.05, 3.63) is 63.2 Å². The smallest absolute Gasteiger partial charge is 0.271 e. The second-order valence-electron chi connectivity index (χ2n) is 6.21. The van der Waals surface area contributed by atoms with Crippen molar-refractivity contribution in [2.24, 2.45) is 0 Å². The molecular formula is C18H17ClN6O3S. The van der Waals surface area contributed by atoms with Gasteiger partial charge >= 0.3 is 0 Å². The molecule has 0 aliphatic heterocycles. The fourth-order valence-electron chi connectivity index (χ4n) is 2.43. The van der Waals surface area contributed by atoms with Crippen molar-refractivity contribution in [2.75, 3.05) is 11.2 Å². The molecule has 0 bridgehead atoms. The van der Waals surface area contributed by atoms with Gasteiger partial charge in [-0.15, -0.1) is 10.2 Å². The first-order valence-corrected chi connectivity index (χ1v) is 9.71. The number of anilines is 1. The van der Waals surface area contributed by atoms with Crippen molar-refractivity contribution in [3.8, 4) is 11.4 Å². The van der Waals surface area contributed by atoms with Gasteiger partial charge in [-0.05, 0) is 19.9 Å². The Balaban J connectivity index is 1.73. The molecule has 9 nitrogen and oxygen atoms in total. The number of nitro benzene ring substituents is 1. The Bertz CT molecular complexity index is 1070. The van der Waals surface area contributed by atoms with Crippen LogP contribution in [0.2, 0.25) is 5.02 Å². The van der Waals surface area contributed by atoms with E-state index in [0.29, 0.717) is 11.0 Å². The molecule has 1 amide bonds. The minimum atomic E-state index is -0.609. The molecule has 3 N–H and O–H groups in total. The third-order valence-corrected chi connectivity index (χ3v) is 5.43. The number of amides is 1. The zero-order valence-corrected chi connectivity index (χ0v) is 17.1. The molecule has 3 rings (SSSR count). The molecule has 150 valence electrons. The van der Waals surface area contributed by atoms with Crippen LogP contribution < -0.4 is 11.2 Å². The normalized spacial score (nSPS) is 11.8. The lowest BCUT2D eigenvalue weighted by Crippen LogP contribution is -2.24. The number of nitrogens with two attached hydrogens (primary N) is 1. The van der Waals surface area contributed by atoms with E-state index in [1.165, 1.54) is 22.9 Å². The second kappa shape index (κ2) is 8.50. The first-order chi connectivity index (χ1) is 13.8. The molecule has 0 spiro atoms. The minimum absolute atomic E-state index is 0.160. The number of aryl methyl sites for hydroxylation is 1. The van der Waals surface area contributed by atoms with E-state index in [2.05, 4.69) is 15.5 Å². The summed E-state index contributed by atoms with van der Waals surface area (Å²) >= 11 is 7.13. The highest BCUT2D eigenvalue weighted by atomic mass is 35.5. The maximum Gasteiger partial charge on any atom is 0.271 e. The lowest BCUT2D eigenvalue weighted by Gasteiger charge is -2.12. The first-order valence-electron chi connectivity index (χ1n) is 8.45. The summed E-state index contributed by atoms with van der Waals surface area (Å²) in [6, 6.07) is 11.5. The molecule has 0 saturated heterocycles. The van der Waals surface area contributed by atoms with Gasteiger partial charge in [-0.1, -0.05) is 53.2 Å². The number of nitro groups is 1. The van der Waals surface area contributed by atoms with E-state index in [4.69, 9.17) is 17.4 Å². The van der Waals surface area contributed by atoms with Gasteiger partial charge in [0.05, 0.1) is 20.9 Å². The fourth-order valence-corrected chi connectivity index (χ4v) is 3.36. The summed E-state index contributed by atoms with van der Waals surface area (Å²) in [6.07, 6.45) is 0. The van der Waals surface area contributed by atoms with Gasteiger partial charge in [-0.25, -0.2) is 4.68 Å². The van der Waals surface area contributed by atoms with Crippen LogP contribution in [-0.2, 0) is 4.79 Å².